The Hall–Kier alpha value is -0.0800. The van der Waals surface area contributed by atoms with Crippen molar-refractivity contribution >= 4 is 0 Å². The van der Waals surface area contributed by atoms with Gasteiger partial charge < -0.3 is 9.84 Å². The SMILES string of the molecule is CC1(C)CC[C@@]23CC[C@@]4(C)[C@H](CC[C@H]5[C@@]6(C)CC[C@H](O)C(C)(C)[C@@H]6CC[C@@]54C)[C@@H]2[C@@H]1OC3. The van der Waals surface area contributed by atoms with Crippen molar-refractivity contribution in [3.8, 4) is 0 Å². The third-order valence-electron chi connectivity index (χ3n) is 14.1. The molecule has 6 fully saturated rings. The Morgan fingerprint density at radius 1 is 0.688 bits per heavy atom. The second-order valence-electron chi connectivity index (χ2n) is 15.7. The molecule has 32 heavy (non-hydrogen) atoms. The van der Waals surface area contributed by atoms with Gasteiger partial charge in [0.25, 0.3) is 0 Å². The molecule has 1 saturated heterocycles. The Kier molecular flexibility index (Phi) is 4.46. The Balaban J connectivity index is 1.39. The fourth-order valence-electron chi connectivity index (χ4n) is 12.0. The van der Waals surface area contributed by atoms with E-state index < -0.39 is 0 Å². The van der Waals surface area contributed by atoms with Crippen molar-refractivity contribution in [3.05, 3.63) is 0 Å². The second kappa shape index (κ2) is 6.37. The van der Waals surface area contributed by atoms with Crippen molar-refractivity contribution < 1.29 is 9.84 Å². The normalized spacial score (nSPS) is 60.0. The number of aliphatic hydroxyl groups excluding tert-OH is 1. The van der Waals surface area contributed by atoms with Gasteiger partial charge in [0.05, 0.1) is 18.8 Å². The average molecular weight is 443 g/mol. The van der Waals surface area contributed by atoms with Gasteiger partial charge >= 0.3 is 0 Å². The smallest absolute Gasteiger partial charge is 0.0663 e. The summed E-state index contributed by atoms with van der Waals surface area (Å²) in [5, 5.41) is 10.9. The number of hydrogen-bond acceptors (Lipinski definition) is 2. The Bertz CT molecular complexity index is 801. The summed E-state index contributed by atoms with van der Waals surface area (Å²) < 4.78 is 6.71. The number of aliphatic hydroxyl groups is 1. The first-order valence-electron chi connectivity index (χ1n) is 14.1. The third-order valence-corrected chi connectivity index (χ3v) is 14.1. The van der Waals surface area contributed by atoms with Crippen LogP contribution in [0.5, 0.6) is 0 Å². The maximum absolute atomic E-state index is 10.9. The fourth-order valence-corrected chi connectivity index (χ4v) is 12.0. The van der Waals surface area contributed by atoms with Gasteiger partial charge in [-0.1, -0.05) is 48.5 Å². The number of ether oxygens (including phenoxy) is 1. The molecule has 2 nitrogen and oxygen atoms in total. The number of hydrogen-bond donors (Lipinski definition) is 1. The van der Waals surface area contributed by atoms with E-state index in [4.69, 9.17) is 4.74 Å². The van der Waals surface area contributed by atoms with Gasteiger partial charge in [-0.15, -0.1) is 0 Å². The lowest BCUT2D eigenvalue weighted by atomic mass is 9.31. The monoisotopic (exact) mass is 442 g/mol. The fraction of sp³-hybridized carbons (Fsp3) is 1.00. The number of fused-ring (bicyclic) bond motifs is 5. The highest BCUT2D eigenvalue weighted by molar-refractivity contribution is 5.21. The molecule has 2 heteroatoms. The van der Waals surface area contributed by atoms with E-state index in [1.165, 1.54) is 57.8 Å². The molecule has 6 aliphatic rings. The summed E-state index contributed by atoms with van der Waals surface area (Å²) in [4.78, 5) is 0. The summed E-state index contributed by atoms with van der Waals surface area (Å²) in [7, 11) is 0. The minimum absolute atomic E-state index is 0.0586. The first-order valence-corrected chi connectivity index (χ1v) is 14.1. The van der Waals surface area contributed by atoms with E-state index in [1.54, 1.807) is 0 Å². The van der Waals surface area contributed by atoms with Gasteiger partial charge in [0, 0.05) is 0 Å². The van der Waals surface area contributed by atoms with Gasteiger partial charge in [-0.05, 0) is 120 Å². The maximum Gasteiger partial charge on any atom is 0.0663 e. The van der Waals surface area contributed by atoms with Gasteiger partial charge in [0.2, 0.25) is 0 Å². The Morgan fingerprint density at radius 3 is 2.16 bits per heavy atom. The Morgan fingerprint density at radius 2 is 1.41 bits per heavy atom. The highest BCUT2D eigenvalue weighted by Gasteiger charge is 2.72. The molecule has 0 radical (unpaired) electrons. The molecule has 5 aliphatic carbocycles. The van der Waals surface area contributed by atoms with Gasteiger partial charge in [-0.3, -0.25) is 0 Å². The minimum atomic E-state index is -0.122. The zero-order valence-electron chi connectivity index (χ0n) is 22.1. The molecule has 1 N–H and O–H groups in total. The van der Waals surface area contributed by atoms with Crippen LogP contribution in [0.2, 0.25) is 0 Å². The van der Waals surface area contributed by atoms with Crippen LogP contribution in [0, 0.1) is 56.2 Å². The predicted molar refractivity (Wildman–Crippen MR) is 130 cm³/mol. The molecule has 0 aromatic heterocycles. The van der Waals surface area contributed by atoms with Crippen molar-refractivity contribution in [3.63, 3.8) is 0 Å². The van der Waals surface area contributed by atoms with Crippen molar-refractivity contribution in [2.24, 2.45) is 56.2 Å². The Labute approximate surface area is 197 Å². The molecule has 2 bridgehead atoms. The highest BCUT2D eigenvalue weighted by atomic mass is 16.5. The molecule has 1 aliphatic heterocycles. The predicted octanol–water partition coefficient (Wildman–Crippen LogP) is 7.24. The standard InChI is InChI=1S/C30H50O2/c1-25(2)14-16-30-17-15-28(6)19(23(30)24(25)32-18-30)8-9-21-27(5)12-11-22(31)26(3,4)20(27)10-13-29(21,28)7/h19-24,31H,8-18H2,1-7H3/t19-,20+,21+,22+,23-,24+,27+,28+,29+,30+/m1/s1. The minimum Gasteiger partial charge on any atom is -0.393 e. The molecule has 182 valence electrons. The second-order valence-corrected chi connectivity index (χ2v) is 15.7. The summed E-state index contributed by atoms with van der Waals surface area (Å²) in [5.41, 5.74) is 2.16. The van der Waals surface area contributed by atoms with Gasteiger partial charge in [-0.2, -0.15) is 0 Å². The van der Waals surface area contributed by atoms with E-state index in [-0.39, 0.29) is 11.5 Å². The van der Waals surface area contributed by atoms with Crippen LogP contribution in [0.3, 0.4) is 0 Å². The highest BCUT2D eigenvalue weighted by Crippen LogP contribution is 2.78. The first kappa shape index (κ1) is 22.4. The van der Waals surface area contributed by atoms with Crippen LogP contribution in [0.15, 0.2) is 0 Å². The zero-order chi connectivity index (χ0) is 22.9. The molecule has 0 unspecified atom stereocenters. The lowest BCUT2D eigenvalue weighted by Crippen LogP contribution is -2.67. The largest absolute Gasteiger partial charge is 0.393 e. The van der Waals surface area contributed by atoms with Crippen molar-refractivity contribution in [1.82, 2.24) is 0 Å². The molecular formula is C30H50O2. The van der Waals surface area contributed by atoms with Gasteiger partial charge in [0.15, 0.2) is 0 Å². The van der Waals surface area contributed by atoms with E-state index in [0.29, 0.717) is 39.1 Å². The van der Waals surface area contributed by atoms with E-state index in [1.807, 2.05) is 0 Å². The molecule has 6 rings (SSSR count). The van der Waals surface area contributed by atoms with Crippen molar-refractivity contribution in [2.45, 2.75) is 125 Å². The van der Waals surface area contributed by atoms with E-state index >= 15 is 0 Å². The first-order chi connectivity index (χ1) is 14.8. The summed E-state index contributed by atoms with van der Waals surface area (Å²) in [6.45, 7) is 18.9. The van der Waals surface area contributed by atoms with E-state index in [2.05, 4.69) is 48.5 Å². The molecule has 5 saturated carbocycles. The zero-order valence-corrected chi connectivity index (χ0v) is 22.1. The molecule has 1 heterocycles. The van der Waals surface area contributed by atoms with Crippen LogP contribution < -0.4 is 0 Å². The van der Waals surface area contributed by atoms with Gasteiger partial charge in [0.1, 0.15) is 0 Å². The quantitative estimate of drug-likeness (QED) is 0.428. The van der Waals surface area contributed by atoms with Crippen LogP contribution in [0.25, 0.3) is 0 Å². The van der Waals surface area contributed by atoms with Crippen LogP contribution >= 0.6 is 0 Å². The van der Waals surface area contributed by atoms with Crippen LogP contribution in [-0.4, -0.2) is 23.9 Å². The number of rotatable bonds is 0. The molecule has 0 amide bonds. The van der Waals surface area contributed by atoms with Gasteiger partial charge in [-0.25, -0.2) is 0 Å². The average Bonchev–Trinajstić information content (AvgIpc) is 3.05. The summed E-state index contributed by atoms with van der Waals surface area (Å²) in [5.74, 6) is 3.11. The lowest BCUT2D eigenvalue weighted by Gasteiger charge is -2.73. The molecule has 10 atom stereocenters. The van der Waals surface area contributed by atoms with E-state index in [0.717, 1.165) is 30.8 Å². The molecule has 0 spiro atoms. The molecule has 0 aromatic rings. The van der Waals surface area contributed by atoms with Crippen LogP contribution in [0.4, 0.5) is 0 Å². The summed E-state index contributed by atoms with van der Waals surface area (Å²) in [6, 6.07) is 0. The van der Waals surface area contributed by atoms with Crippen molar-refractivity contribution in [1.29, 1.82) is 0 Å². The van der Waals surface area contributed by atoms with E-state index in [9.17, 15) is 5.11 Å². The van der Waals surface area contributed by atoms with Crippen LogP contribution in [-0.2, 0) is 4.74 Å². The summed E-state index contributed by atoms with van der Waals surface area (Å²) in [6.07, 6.45) is 13.7. The molecule has 0 aromatic carbocycles. The maximum atomic E-state index is 10.9. The summed E-state index contributed by atoms with van der Waals surface area (Å²) >= 11 is 0. The van der Waals surface area contributed by atoms with Crippen LogP contribution in [0.1, 0.15) is 113 Å². The van der Waals surface area contributed by atoms with Crippen molar-refractivity contribution in [2.75, 3.05) is 6.61 Å². The lowest BCUT2D eigenvalue weighted by molar-refractivity contribution is -0.252. The molecular weight excluding hydrogens is 392 g/mol. The third kappa shape index (κ3) is 2.41. The topological polar surface area (TPSA) is 29.5 Å².